The quantitative estimate of drug-likeness (QED) is 0.0262. The molecule has 0 amide bonds. The summed E-state index contributed by atoms with van der Waals surface area (Å²) in [5, 5.41) is 0. The van der Waals surface area contributed by atoms with E-state index in [4.69, 9.17) is 14.2 Å². The largest absolute Gasteiger partial charge is 0.462 e. The Morgan fingerprint density at radius 2 is 0.594 bits per heavy atom. The van der Waals surface area contributed by atoms with Crippen molar-refractivity contribution in [2.24, 2.45) is 0 Å². The van der Waals surface area contributed by atoms with E-state index in [1.807, 2.05) is 0 Å². The van der Waals surface area contributed by atoms with Crippen LogP contribution in [0.25, 0.3) is 0 Å². The lowest BCUT2D eigenvalue weighted by Gasteiger charge is -2.18. The van der Waals surface area contributed by atoms with Crippen LogP contribution in [-0.4, -0.2) is 37.2 Å². The van der Waals surface area contributed by atoms with Crippen LogP contribution in [0, 0.1) is 0 Å². The van der Waals surface area contributed by atoms with Gasteiger partial charge in [0.1, 0.15) is 13.2 Å². The molecule has 0 aromatic heterocycles. The van der Waals surface area contributed by atoms with Gasteiger partial charge in [0.2, 0.25) is 0 Å². The van der Waals surface area contributed by atoms with E-state index in [-0.39, 0.29) is 37.5 Å². The van der Waals surface area contributed by atoms with Crippen molar-refractivity contribution in [3.8, 4) is 0 Å². The third-order valence-corrected chi connectivity index (χ3v) is 11.7. The fourth-order valence-electron chi connectivity index (χ4n) is 7.55. The first-order chi connectivity index (χ1) is 31.5. The summed E-state index contributed by atoms with van der Waals surface area (Å²) >= 11 is 0. The number of carbonyl (C=O) groups excluding carboxylic acids is 3. The highest BCUT2D eigenvalue weighted by atomic mass is 16.6. The van der Waals surface area contributed by atoms with Gasteiger partial charge in [0.25, 0.3) is 0 Å². The number of unbranched alkanes of at least 4 members (excludes halogenated alkanes) is 28. The first-order valence-corrected chi connectivity index (χ1v) is 27.3. The van der Waals surface area contributed by atoms with Gasteiger partial charge in [0.15, 0.2) is 6.10 Å². The van der Waals surface area contributed by atoms with Gasteiger partial charge in [-0.3, -0.25) is 14.4 Å². The van der Waals surface area contributed by atoms with Crippen LogP contribution in [0.4, 0.5) is 0 Å². The third-order valence-electron chi connectivity index (χ3n) is 11.7. The maximum Gasteiger partial charge on any atom is 0.306 e. The highest BCUT2D eigenvalue weighted by Crippen LogP contribution is 2.14. The van der Waals surface area contributed by atoms with E-state index in [0.29, 0.717) is 19.3 Å². The van der Waals surface area contributed by atoms with Crippen molar-refractivity contribution < 1.29 is 28.6 Å². The van der Waals surface area contributed by atoms with Gasteiger partial charge >= 0.3 is 17.9 Å². The van der Waals surface area contributed by atoms with Gasteiger partial charge in [-0.15, -0.1) is 0 Å². The van der Waals surface area contributed by atoms with Crippen molar-refractivity contribution in [3.63, 3.8) is 0 Å². The van der Waals surface area contributed by atoms with Crippen molar-refractivity contribution >= 4 is 17.9 Å². The monoisotopic (exact) mass is 895 g/mol. The molecular weight excluding hydrogens is 793 g/mol. The Hall–Kier alpha value is -2.89. The highest BCUT2D eigenvalue weighted by Gasteiger charge is 2.19. The molecule has 0 radical (unpaired) electrons. The minimum absolute atomic E-state index is 0.0995. The second-order valence-electron chi connectivity index (χ2n) is 18.1. The zero-order valence-corrected chi connectivity index (χ0v) is 42.3. The summed E-state index contributed by atoms with van der Waals surface area (Å²) in [5.41, 5.74) is 0. The van der Waals surface area contributed by atoms with E-state index < -0.39 is 6.10 Å². The Kier molecular flexibility index (Phi) is 50.4. The molecule has 0 spiro atoms. The normalized spacial score (nSPS) is 12.5. The van der Waals surface area contributed by atoms with Crippen molar-refractivity contribution in [1.29, 1.82) is 0 Å². The van der Waals surface area contributed by atoms with Gasteiger partial charge in [-0.05, 0) is 96.3 Å². The number of allylic oxidation sites excluding steroid dienone is 10. The van der Waals surface area contributed by atoms with Crippen LogP contribution in [0.1, 0.15) is 271 Å². The van der Waals surface area contributed by atoms with Gasteiger partial charge in [-0.25, -0.2) is 0 Å². The van der Waals surface area contributed by atoms with Crippen molar-refractivity contribution in [2.45, 2.75) is 277 Å². The van der Waals surface area contributed by atoms with Crippen molar-refractivity contribution in [1.82, 2.24) is 0 Å². The zero-order valence-electron chi connectivity index (χ0n) is 42.3. The highest BCUT2D eigenvalue weighted by molar-refractivity contribution is 5.71. The second kappa shape index (κ2) is 52.7. The van der Waals surface area contributed by atoms with Crippen LogP contribution < -0.4 is 0 Å². The van der Waals surface area contributed by atoms with Gasteiger partial charge in [-0.2, -0.15) is 0 Å². The molecule has 0 bridgehead atoms. The number of ether oxygens (including phenoxy) is 3. The molecule has 370 valence electrons. The molecular formula is C58H102O6. The minimum atomic E-state index is -0.805. The van der Waals surface area contributed by atoms with E-state index in [2.05, 4.69) is 81.5 Å². The average molecular weight is 895 g/mol. The van der Waals surface area contributed by atoms with Crippen LogP contribution in [0.15, 0.2) is 60.8 Å². The molecule has 0 N–H and O–H groups in total. The summed E-state index contributed by atoms with van der Waals surface area (Å²) < 4.78 is 16.7. The minimum Gasteiger partial charge on any atom is -0.462 e. The summed E-state index contributed by atoms with van der Waals surface area (Å²) in [4.78, 5) is 37.9. The second-order valence-corrected chi connectivity index (χ2v) is 18.1. The SMILES string of the molecule is CCCC/C=C\CCCCCCC(=O)OCC(COC(=O)CCCCCCCCC/C=C\CCCCCCCCCC)OC(=O)CCC/C=C\C/C=C\C/C=C\CCCCCCCC. The van der Waals surface area contributed by atoms with Gasteiger partial charge in [0.05, 0.1) is 0 Å². The lowest BCUT2D eigenvalue weighted by Crippen LogP contribution is -2.30. The maximum absolute atomic E-state index is 12.8. The Morgan fingerprint density at radius 1 is 0.312 bits per heavy atom. The van der Waals surface area contributed by atoms with Crippen LogP contribution in [0.3, 0.4) is 0 Å². The van der Waals surface area contributed by atoms with Gasteiger partial charge in [-0.1, -0.05) is 216 Å². The molecule has 6 heteroatoms. The summed E-state index contributed by atoms with van der Waals surface area (Å²) in [5.74, 6) is -0.966. The molecule has 0 aliphatic heterocycles. The lowest BCUT2D eigenvalue weighted by molar-refractivity contribution is -0.167. The molecule has 1 unspecified atom stereocenters. The fraction of sp³-hybridized carbons (Fsp3) is 0.776. The van der Waals surface area contributed by atoms with Gasteiger partial charge in [0, 0.05) is 19.3 Å². The summed E-state index contributed by atoms with van der Waals surface area (Å²) in [6.07, 6.45) is 65.1. The van der Waals surface area contributed by atoms with Crippen molar-refractivity contribution in [3.05, 3.63) is 60.8 Å². The Bertz CT molecular complexity index is 1170. The molecule has 0 aliphatic rings. The first-order valence-electron chi connectivity index (χ1n) is 27.3. The molecule has 0 aromatic rings. The van der Waals surface area contributed by atoms with Crippen molar-refractivity contribution in [2.75, 3.05) is 13.2 Å². The Morgan fingerprint density at radius 3 is 0.984 bits per heavy atom. The van der Waals surface area contributed by atoms with E-state index in [1.54, 1.807) is 0 Å². The molecule has 0 heterocycles. The fourth-order valence-corrected chi connectivity index (χ4v) is 7.55. The smallest absolute Gasteiger partial charge is 0.306 e. The molecule has 1 atom stereocenters. The molecule has 0 aliphatic carbocycles. The summed E-state index contributed by atoms with van der Waals surface area (Å²) in [7, 11) is 0. The zero-order chi connectivity index (χ0) is 46.5. The number of hydrogen-bond acceptors (Lipinski definition) is 6. The van der Waals surface area contributed by atoms with Crippen LogP contribution >= 0.6 is 0 Å². The molecule has 0 saturated heterocycles. The standard InChI is InChI=1S/C58H102O6/c1-4-7-10-13-16-19-22-24-26-28-29-31-32-34-36-39-42-45-48-51-57(60)63-54-55(53-62-56(59)50-47-44-41-38-21-18-15-12-9-6-3)64-58(61)52-49-46-43-40-37-35-33-30-27-25-23-20-17-14-11-8-5-2/h15,18,25,27-29,33,35,40,43,55H,4-14,16-17,19-24,26,30-32,34,36-39,41-42,44-54H2,1-3H3/b18-15-,27-25-,29-28-,35-33-,43-40-. The average Bonchev–Trinajstić information content (AvgIpc) is 3.29. The van der Waals surface area contributed by atoms with Gasteiger partial charge < -0.3 is 14.2 Å². The number of hydrogen-bond donors (Lipinski definition) is 0. The number of carbonyl (C=O) groups is 3. The summed E-state index contributed by atoms with van der Waals surface area (Å²) in [6.45, 7) is 6.54. The van der Waals surface area contributed by atoms with Crippen LogP contribution in [0.2, 0.25) is 0 Å². The Labute approximate surface area is 396 Å². The molecule has 0 saturated carbocycles. The van der Waals surface area contributed by atoms with Crippen LogP contribution in [0.5, 0.6) is 0 Å². The van der Waals surface area contributed by atoms with E-state index in [1.165, 1.54) is 148 Å². The topological polar surface area (TPSA) is 78.9 Å². The molecule has 0 rings (SSSR count). The molecule has 0 aromatic carbocycles. The molecule has 64 heavy (non-hydrogen) atoms. The predicted octanol–water partition coefficient (Wildman–Crippen LogP) is 18.0. The molecule has 6 nitrogen and oxygen atoms in total. The van der Waals surface area contributed by atoms with E-state index in [0.717, 1.165) is 77.0 Å². The van der Waals surface area contributed by atoms with E-state index in [9.17, 15) is 14.4 Å². The first kappa shape index (κ1) is 61.1. The predicted molar refractivity (Wildman–Crippen MR) is 275 cm³/mol. The third kappa shape index (κ3) is 50.1. The Balaban J connectivity index is 4.40. The van der Waals surface area contributed by atoms with Crippen LogP contribution in [-0.2, 0) is 28.6 Å². The summed E-state index contributed by atoms with van der Waals surface area (Å²) in [6, 6.07) is 0. The maximum atomic E-state index is 12.8. The van der Waals surface area contributed by atoms with E-state index >= 15 is 0 Å². The lowest BCUT2D eigenvalue weighted by atomic mass is 10.1. The number of esters is 3. The molecule has 0 fully saturated rings. The number of rotatable bonds is 49.